The van der Waals surface area contributed by atoms with Gasteiger partial charge in [-0.15, -0.1) is 11.3 Å². The van der Waals surface area contributed by atoms with E-state index in [1.54, 1.807) is 31.4 Å². The van der Waals surface area contributed by atoms with Gasteiger partial charge in [-0.05, 0) is 49.2 Å². The molecule has 132 valence electrons. The minimum atomic E-state index is -0.206. The molecule has 1 aliphatic carbocycles. The molecule has 4 rings (SSSR count). The van der Waals surface area contributed by atoms with Crippen molar-refractivity contribution in [3.8, 4) is 5.88 Å². The zero-order chi connectivity index (χ0) is 18.1. The van der Waals surface area contributed by atoms with E-state index in [-0.39, 0.29) is 17.7 Å². The first-order valence-corrected chi connectivity index (χ1v) is 9.11. The quantitative estimate of drug-likeness (QED) is 0.717. The number of carbonyl (C=O) groups excluding carboxylic acids is 2. The Bertz CT molecular complexity index is 995. The number of thiophene rings is 1. The van der Waals surface area contributed by atoms with Gasteiger partial charge in [-0.1, -0.05) is 0 Å². The van der Waals surface area contributed by atoms with E-state index in [0.717, 1.165) is 23.7 Å². The lowest BCUT2D eigenvalue weighted by molar-refractivity contribution is -0.117. The summed E-state index contributed by atoms with van der Waals surface area (Å²) in [6.45, 7) is 0. The van der Waals surface area contributed by atoms with Crippen LogP contribution in [0.15, 0.2) is 42.5 Å². The molecule has 0 unspecified atom stereocenters. The van der Waals surface area contributed by atoms with E-state index in [9.17, 15) is 9.59 Å². The number of carbonyl (C=O) groups is 2. The van der Waals surface area contributed by atoms with Crippen molar-refractivity contribution in [1.29, 1.82) is 0 Å². The molecular formula is C19H17N3O3S. The van der Waals surface area contributed by atoms with Crippen molar-refractivity contribution in [3.63, 3.8) is 0 Å². The molecule has 2 aromatic heterocycles. The number of nitrogens with zero attached hydrogens (tertiary/aromatic N) is 1. The van der Waals surface area contributed by atoms with Crippen LogP contribution in [0.3, 0.4) is 0 Å². The van der Waals surface area contributed by atoms with Crippen molar-refractivity contribution < 1.29 is 14.3 Å². The van der Waals surface area contributed by atoms with Crippen LogP contribution < -0.4 is 15.4 Å². The Hall–Kier alpha value is -2.93. The molecule has 26 heavy (non-hydrogen) atoms. The molecule has 0 radical (unpaired) electrons. The van der Waals surface area contributed by atoms with Gasteiger partial charge in [-0.3, -0.25) is 9.59 Å². The lowest BCUT2D eigenvalue weighted by Crippen LogP contribution is -2.12. The van der Waals surface area contributed by atoms with Crippen molar-refractivity contribution in [2.75, 3.05) is 17.7 Å². The smallest absolute Gasteiger partial charge is 0.265 e. The Morgan fingerprint density at radius 2 is 1.96 bits per heavy atom. The highest BCUT2D eigenvalue weighted by atomic mass is 32.1. The average Bonchev–Trinajstić information content (AvgIpc) is 3.41. The molecule has 6 nitrogen and oxygen atoms in total. The summed E-state index contributed by atoms with van der Waals surface area (Å²) in [5.41, 5.74) is 1.48. The Kier molecular flexibility index (Phi) is 4.30. The summed E-state index contributed by atoms with van der Waals surface area (Å²) in [4.78, 5) is 29.1. The van der Waals surface area contributed by atoms with Crippen LogP contribution >= 0.6 is 11.3 Å². The van der Waals surface area contributed by atoms with Crippen LogP contribution in [-0.2, 0) is 4.79 Å². The zero-order valence-electron chi connectivity index (χ0n) is 14.1. The van der Waals surface area contributed by atoms with Crippen LogP contribution in [0.25, 0.3) is 10.9 Å². The van der Waals surface area contributed by atoms with Gasteiger partial charge in [-0.25, -0.2) is 4.98 Å². The molecule has 7 heteroatoms. The summed E-state index contributed by atoms with van der Waals surface area (Å²) in [6.07, 6.45) is 1.90. The molecule has 1 aromatic carbocycles. The monoisotopic (exact) mass is 367 g/mol. The summed E-state index contributed by atoms with van der Waals surface area (Å²) in [5, 5.41) is 7.34. The molecule has 2 heterocycles. The van der Waals surface area contributed by atoms with Crippen LogP contribution in [0.1, 0.15) is 22.5 Å². The number of rotatable bonds is 5. The van der Waals surface area contributed by atoms with Crippen LogP contribution in [0, 0.1) is 5.92 Å². The van der Waals surface area contributed by atoms with E-state index in [1.807, 2.05) is 18.2 Å². The number of ether oxygens (including phenoxy) is 1. The van der Waals surface area contributed by atoms with Gasteiger partial charge in [0.15, 0.2) is 0 Å². The molecule has 3 aromatic rings. The van der Waals surface area contributed by atoms with E-state index in [4.69, 9.17) is 4.74 Å². The standard InChI is InChI=1S/C19H17N3O3S/c1-25-16-8-4-12-10-13(5-6-14(12)21-16)20-19(24)15-7-9-17(26-15)22-18(23)11-2-3-11/h4-11H,2-3H2,1H3,(H,20,24)(H,22,23). The number of amides is 2. The first kappa shape index (κ1) is 16.5. The summed E-state index contributed by atoms with van der Waals surface area (Å²) in [5.74, 6) is 0.520. The van der Waals surface area contributed by atoms with E-state index >= 15 is 0 Å². The molecule has 0 saturated heterocycles. The van der Waals surface area contributed by atoms with Crippen LogP contribution in [0.4, 0.5) is 10.7 Å². The number of hydrogen-bond acceptors (Lipinski definition) is 5. The van der Waals surface area contributed by atoms with Crippen LogP contribution in [-0.4, -0.2) is 23.9 Å². The number of fused-ring (bicyclic) bond motifs is 1. The van der Waals surface area contributed by atoms with Gasteiger partial charge in [0.25, 0.3) is 5.91 Å². The Morgan fingerprint density at radius 3 is 2.73 bits per heavy atom. The number of aromatic nitrogens is 1. The maximum absolute atomic E-state index is 12.4. The van der Waals surface area contributed by atoms with Gasteiger partial charge in [-0.2, -0.15) is 0 Å². The third-order valence-electron chi connectivity index (χ3n) is 4.15. The third-order valence-corrected chi connectivity index (χ3v) is 5.15. The topological polar surface area (TPSA) is 80.3 Å². The Labute approximate surface area is 154 Å². The fourth-order valence-electron chi connectivity index (χ4n) is 2.59. The van der Waals surface area contributed by atoms with Gasteiger partial charge < -0.3 is 15.4 Å². The van der Waals surface area contributed by atoms with E-state index in [1.165, 1.54) is 11.3 Å². The van der Waals surface area contributed by atoms with E-state index < -0.39 is 0 Å². The molecule has 0 bridgehead atoms. The molecular weight excluding hydrogens is 350 g/mol. The first-order valence-electron chi connectivity index (χ1n) is 8.29. The maximum atomic E-state index is 12.4. The molecule has 2 N–H and O–H groups in total. The minimum Gasteiger partial charge on any atom is -0.481 e. The predicted molar refractivity (Wildman–Crippen MR) is 102 cm³/mol. The van der Waals surface area contributed by atoms with Gasteiger partial charge >= 0.3 is 0 Å². The number of nitrogens with one attached hydrogen (secondary N) is 2. The summed E-state index contributed by atoms with van der Waals surface area (Å²) >= 11 is 1.27. The molecule has 2 amide bonds. The Morgan fingerprint density at radius 1 is 1.12 bits per heavy atom. The highest BCUT2D eigenvalue weighted by Gasteiger charge is 2.29. The van der Waals surface area contributed by atoms with Crippen LogP contribution in [0.5, 0.6) is 5.88 Å². The molecule has 0 spiro atoms. The normalized spacial score (nSPS) is 13.4. The van der Waals surface area contributed by atoms with Crippen molar-refractivity contribution in [2.45, 2.75) is 12.8 Å². The second-order valence-electron chi connectivity index (χ2n) is 6.14. The molecule has 0 atom stereocenters. The van der Waals surface area contributed by atoms with Crippen molar-refractivity contribution >= 4 is 44.7 Å². The zero-order valence-corrected chi connectivity index (χ0v) is 14.9. The highest BCUT2D eigenvalue weighted by molar-refractivity contribution is 7.18. The van der Waals surface area contributed by atoms with Crippen molar-refractivity contribution in [1.82, 2.24) is 4.98 Å². The lowest BCUT2D eigenvalue weighted by atomic mass is 10.2. The van der Waals surface area contributed by atoms with Crippen LogP contribution in [0.2, 0.25) is 0 Å². The molecule has 1 fully saturated rings. The summed E-state index contributed by atoms with van der Waals surface area (Å²) in [6, 6.07) is 12.7. The minimum absolute atomic E-state index is 0.0382. The molecule has 1 saturated carbocycles. The number of methoxy groups -OCH3 is 1. The second-order valence-corrected chi connectivity index (χ2v) is 7.23. The summed E-state index contributed by atoms with van der Waals surface area (Å²) in [7, 11) is 1.57. The number of hydrogen-bond donors (Lipinski definition) is 2. The van der Waals surface area contributed by atoms with Crippen molar-refractivity contribution in [2.24, 2.45) is 5.92 Å². The average molecular weight is 367 g/mol. The van der Waals surface area contributed by atoms with Gasteiger partial charge in [0.2, 0.25) is 11.8 Å². The largest absolute Gasteiger partial charge is 0.481 e. The number of benzene rings is 1. The molecule has 1 aliphatic rings. The number of pyridine rings is 1. The molecule has 0 aliphatic heterocycles. The Balaban J connectivity index is 1.46. The van der Waals surface area contributed by atoms with E-state index in [0.29, 0.717) is 21.4 Å². The van der Waals surface area contributed by atoms with E-state index in [2.05, 4.69) is 15.6 Å². The highest BCUT2D eigenvalue weighted by Crippen LogP contribution is 2.32. The maximum Gasteiger partial charge on any atom is 0.265 e. The van der Waals surface area contributed by atoms with Gasteiger partial charge in [0, 0.05) is 23.1 Å². The third kappa shape index (κ3) is 3.52. The first-order chi connectivity index (χ1) is 12.6. The number of anilines is 2. The van der Waals surface area contributed by atoms with Gasteiger partial charge in [0.05, 0.1) is 22.5 Å². The predicted octanol–water partition coefficient (Wildman–Crippen LogP) is 3.91. The fourth-order valence-corrected chi connectivity index (χ4v) is 3.39. The summed E-state index contributed by atoms with van der Waals surface area (Å²) < 4.78 is 5.11. The van der Waals surface area contributed by atoms with Crippen molar-refractivity contribution in [3.05, 3.63) is 47.3 Å². The second kappa shape index (κ2) is 6.76. The lowest BCUT2D eigenvalue weighted by Gasteiger charge is -2.06. The fraction of sp³-hybridized carbons (Fsp3) is 0.211. The van der Waals surface area contributed by atoms with Gasteiger partial charge in [0.1, 0.15) is 0 Å². The SMILES string of the molecule is COc1ccc2cc(NC(=O)c3ccc(NC(=O)C4CC4)s3)ccc2n1.